The molecule has 19 heavy (non-hydrogen) atoms. The lowest BCUT2D eigenvalue weighted by Gasteiger charge is -2.34. The van der Waals surface area contributed by atoms with Crippen molar-refractivity contribution in [3.63, 3.8) is 0 Å². The summed E-state index contributed by atoms with van der Waals surface area (Å²) in [6.45, 7) is 0.381. The van der Waals surface area contributed by atoms with Gasteiger partial charge < -0.3 is 15.6 Å². The van der Waals surface area contributed by atoms with Gasteiger partial charge in [0, 0.05) is 37.3 Å². The minimum absolute atomic E-state index is 0.0886. The lowest BCUT2D eigenvalue weighted by molar-refractivity contribution is -0.136. The molecule has 1 aliphatic carbocycles. The summed E-state index contributed by atoms with van der Waals surface area (Å²) in [5.41, 5.74) is 8.56. The van der Waals surface area contributed by atoms with Gasteiger partial charge in [-0.1, -0.05) is 12.8 Å². The van der Waals surface area contributed by atoms with Crippen LogP contribution in [0.4, 0.5) is 0 Å². The Kier molecular flexibility index (Phi) is 3.18. The number of primary amides is 1. The standard InChI is InChI=1S/C13H20N4O2/c14-11(18)5-6-16-7-8-17-12(13(16)19)9-3-1-2-4-10(9)15-17/h7-10,12,15H,1-6H2,(H2,14,18). The molecule has 2 aliphatic heterocycles. The maximum Gasteiger partial charge on any atom is 0.251 e. The molecular formula is C13H20N4O2. The number of carbonyl (C=O) groups is 2. The summed E-state index contributed by atoms with van der Waals surface area (Å²) < 4.78 is 0. The molecule has 0 aromatic heterocycles. The van der Waals surface area contributed by atoms with Gasteiger partial charge in [0.15, 0.2) is 0 Å². The molecule has 1 saturated heterocycles. The Morgan fingerprint density at radius 3 is 2.95 bits per heavy atom. The molecule has 104 valence electrons. The molecule has 2 fully saturated rings. The first-order valence-electron chi connectivity index (χ1n) is 6.98. The zero-order valence-corrected chi connectivity index (χ0v) is 10.9. The smallest absolute Gasteiger partial charge is 0.251 e. The average Bonchev–Trinajstić information content (AvgIpc) is 2.76. The molecule has 3 atom stereocenters. The number of fused-ring (bicyclic) bond motifs is 3. The Labute approximate surface area is 112 Å². The van der Waals surface area contributed by atoms with E-state index >= 15 is 0 Å². The number of carbonyl (C=O) groups excluding carboxylic acids is 2. The van der Waals surface area contributed by atoms with Crippen LogP contribution in [-0.4, -0.2) is 40.4 Å². The fraction of sp³-hybridized carbons (Fsp3) is 0.692. The van der Waals surface area contributed by atoms with Gasteiger partial charge in [-0.05, 0) is 12.8 Å². The molecule has 2 heterocycles. The van der Waals surface area contributed by atoms with Gasteiger partial charge in [-0.25, -0.2) is 5.43 Å². The quantitative estimate of drug-likeness (QED) is 0.747. The fourth-order valence-electron chi connectivity index (χ4n) is 3.42. The maximum atomic E-state index is 12.5. The van der Waals surface area contributed by atoms with Crippen molar-refractivity contribution >= 4 is 11.8 Å². The molecule has 2 amide bonds. The molecule has 3 N–H and O–H groups in total. The number of amides is 2. The molecule has 0 aromatic rings. The van der Waals surface area contributed by atoms with Crippen LogP contribution < -0.4 is 11.2 Å². The van der Waals surface area contributed by atoms with Gasteiger partial charge in [0.25, 0.3) is 5.91 Å². The number of hydrogen-bond donors (Lipinski definition) is 2. The van der Waals surface area contributed by atoms with Crippen LogP contribution in [0.25, 0.3) is 0 Å². The van der Waals surface area contributed by atoms with Crippen molar-refractivity contribution in [2.75, 3.05) is 6.54 Å². The third-order valence-electron chi connectivity index (χ3n) is 4.38. The summed E-state index contributed by atoms with van der Waals surface area (Å²) in [7, 11) is 0. The maximum absolute atomic E-state index is 12.5. The van der Waals surface area contributed by atoms with Gasteiger partial charge >= 0.3 is 0 Å². The molecular weight excluding hydrogens is 244 g/mol. The van der Waals surface area contributed by atoms with Crippen LogP contribution in [0, 0.1) is 5.92 Å². The van der Waals surface area contributed by atoms with Gasteiger partial charge in [0.1, 0.15) is 6.04 Å². The number of nitrogens with one attached hydrogen (secondary N) is 1. The SMILES string of the molecule is NC(=O)CCN1C=CN2NC3CCCCC3C2C1=O. The van der Waals surface area contributed by atoms with Crippen LogP contribution in [0.5, 0.6) is 0 Å². The van der Waals surface area contributed by atoms with Crippen LogP contribution >= 0.6 is 0 Å². The Bertz CT molecular complexity index is 423. The summed E-state index contributed by atoms with van der Waals surface area (Å²) in [6, 6.07) is 0.312. The zero-order valence-electron chi connectivity index (χ0n) is 10.9. The Hall–Kier alpha value is -1.56. The third-order valence-corrected chi connectivity index (χ3v) is 4.38. The fourth-order valence-corrected chi connectivity index (χ4v) is 3.42. The second kappa shape index (κ2) is 4.85. The van der Waals surface area contributed by atoms with E-state index in [0.29, 0.717) is 18.5 Å². The normalized spacial score (nSPS) is 33.3. The number of hydrazine groups is 1. The molecule has 0 radical (unpaired) electrons. The van der Waals surface area contributed by atoms with Gasteiger partial charge in [-0.2, -0.15) is 0 Å². The van der Waals surface area contributed by atoms with Crippen LogP contribution in [-0.2, 0) is 9.59 Å². The van der Waals surface area contributed by atoms with Crippen LogP contribution in [0.15, 0.2) is 12.4 Å². The van der Waals surface area contributed by atoms with Crippen LogP contribution in [0.2, 0.25) is 0 Å². The van der Waals surface area contributed by atoms with Gasteiger partial charge in [0.2, 0.25) is 5.91 Å². The summed E-state index contributed by atoms with van der Waals surface area (Å²) in [4.78, 5) is 25.0. The molecule has 3 unspecified atom stereocenters. The van der Waals surface area contributed by atoms with E-state index in [-0.39, 0.29) is 24.3 Å². The van der Waals surface area contributed by atoms with Crippen molar-refractivity contribution in [1.82, 2.24) is 15.3 Å². The number of nitrogens with two attached hydrogens (primary N) is 1. The van der Waals surface area contributed by atoms with Gasteiger partial charge in [0.05, 0.1) is 0 Å². The van der Waals surface area contributed by atoms with Crippen molar-refractivity contribution in [3.8, 4) is 0 Å². The lowest BCUT2D eigenvalue weighted by Crippen LogP contribution is -2.50. The molecule has 3 rings (SSSR count). The van der Waals surface area contributed by atoms with Gasteiger partial charge in [-0.3, -0.25) is 9.59 Å². The third kappa shape index (κ3) is 2.20. The minimum Gasteiger partial charge on any atom is -0.370 e. The largest absolute Gasteiger partial charge is 0.370 e. The highest BCUT2D eigenvalue weighted by atomic mass is 16.2. The van der Waals surface area contributed by atoms with Crippen molar-refractivity contribution < 1.29 is 9.59 Å². The monoisotopic (exact) mass is 264 g/mol. The van der Waals surface area contributed by atoms with Crippen molar-refractivity contribution in [2.24, 2.45) is 11.7 Å². The Morgan fingerprint density at radius 1 is 1.37 bits per heavy atom. The predicted molar refractivity (Wildman–Crippen MR) is 69.2 cm³/mol. The zero-order chi connectivity index (χ0) is 13.4. The first kappa shape index (κ1) is 12.5. The van der Waals surface area contributed by atoms with Crippen molar-refractivity contribution in [3.05, 3.63) is 12.4 Å². The van der Waals surface area contributed by atoms with E-state index in [0.717, 1.165) is 12.8 Å². The first-order chi connectivity index (χ1) is 9.16. The average molecular weight is 264 g/mol. The lowest BCUT2D eigenvalue weighted by atomic mass is 9.81. The molecule has 0 spiro atoms. The van der Waals surface area contributed by atoms with E-state index in [1.807, 2.05) is 11.2 Å². The number of hydrogen-bond acceptors (Lipinski definition) is 4. The van der Waals surface area contributed by atoms with E-state index in [1.165, 1.54) is 12.8 Å². The topological polar surface area (TPSA) is 78.7 Å². The van der Waals surface area contributed by atoms with Crippen LogP contribution in [0.1, 0.15) is 32.1 Å². The summed E-state index contributed by atoms with van der Waals surface area (Å²) in [6.07, 6.45) is 8.54. The first-order valence-corrected chi connectivity index (χ1v) is 6.98. The summed E-state index contributed by atoms with van der Waals surface area (Å²) >= 11 is 0. The second-order valence-corrected chi connectivity index (χ2v) is 5.58. The highest BCUT2D eigenvalue weighted by Crippen LogP contribution is 2.36. The number of rotatable bonds is 3. The summed E-state index contributed by atoms with van der Waals surface area (Å²) in [5.74, 6) is 0.108. The van der Waals surface area contributed by atoms with Crippen LogP contribution in [0.3, 0.4) is 0 Å². The number of nitrogens with zero attached hydrogens (tertiary/aromatic N) is 2. The minimum atomic E-state index is -0.372. The van der Waals surface area contributed by atoms with Gasteiger partial charge in [-0.15, -0.1) is 0 Å². The Morgan fingerprint density at radius 2 is 2.16 bits per heavy atom. The molecule has 1 saturated carbocycles. The van der Waals surface area contributed by atoms with Crippen molar-refractivity contribution in [1.29, 1.82) is 0 Å². The summed E-state index contributed by atoms with van der Waals surface area (Å²) in [5, 5.41) is 1.95. The van der Waals surface area contributed by atoms with E-state index in [2.05, 4.69) is 5.43 Å². The second-order valence-electron chi connectivity index (χ2n) is 5.58. The highest BCUT2D eigenvalue weighted by Gasteiger charge is 2.47. The Balaban J connectivity index is 1.73. The highest BCUT2D eigenvalue weighted by molar-refractivity contribution is 5.85. The molecule has 6 heteroatoms. The van der Waals surface area contributed by atoms with E-state index in [1.54, 1.807) is 11.1 Å². The molecule has 0 bridgehead atoms. The van der Waals surface area contributed by atoms with E-state index in [9.17, 15) is 9.59 Å². The predicted octanol–water partition coefficient (Wildman–Crippen LogP) is -0.0772. The van der Waals surface area contributed by atoms with E-state index < -0.39 is 0 Å². The molecule has 0 aromatic carbocycles. The van der Waals surface area contributed by atoms with Crippen molar-refractivity contribution in [2.45, 2.75) is 44.2 Å². The van der Waals surface area contributed by atoms with E-state index in [4.69, 9.17) is 5.73 Å². The molecule has 3 aliphatic rings. The molecule has 6 nitrogen and oxygen atoms in total.